The van der Waals surface area contributed by atoms with Gasteiger partial charge in [-0.2, -0.15) is 14.0 Å². The van der Waals surface area contributed by atoms with Crippen molar-refractivity contribution in [3.05, 3.63) is 23.6 Å². The topological polar surface area (TPSA) is 33.0 Å². The van der Waals surface area contributed by atoms with Crippen LogP contribution in [0.1, 0.15) is 6.92 Å². The van der Waals surface area contributed by atoms with Crippen LogP contribution in [0.15, 0.2) is 23.6 Å². The van der Waals surface area contributed by atoms with Gasteiger partial charge in [0.1, 0.15) is 11.9 Å². The molecule has 0 N–H and O–H groups in total. The summed E-state index contributed by atoms with van der Waals surface area (Å²) >= 11 is 0. The van der Waals surface area contributed by atoms with Crippen molar-refractivity contribution < 1.29 is 17.9 Å². The van der Waals surface area contributed by atoms with Crippen molar-refractivity contribution in [1.29, 1.82) is 5.26 Å². The largest absolute Gasteiger partial charge is 0.345 e. The first-order valence-electron chi connectivity index (χ1n) is 3.97. The Morgan fingerprint density at radius 3 is 2.64 bits per heavy atom. The molecule has 0 heterocycles. The van der Waals surface area contributed by atoms with E-state index in [0.29, 0.717) is 0 Å². The number of halogens is 3. The molecule has 0 saturated carbocycles. The molecule has 0 aromatic carbocycles. The zero-order valence-electron chi connectivity index (χ0n) is 7.38. The Morgan fingerprint density at radius 1 is 1.50 bits per heavy atom. The van der Waals surface area contributed by atoms with E-state index in [1.54, 1.807) is 6.07 Å². The highest BCUT2D eigenvalue weighted by atomic mass is 19.3. The molecule has 76 valence electrons. The van der Waals surface area contributed by atoms with Gasteiger partial charge in [0, 0.05) is 5.92 Å². The lowest BCUT2D eigenvalue weighted by Gasteiger charge is -2.24. The Morgan fingerprint density at radius 2 is 2.14 bits per heavy atom. The summed E-state index contributed by atoms with van der Waals surface area (Å²) in [5, 5.41) is 8.58. The summed E-state index contributed by atoms with van der Waals surface area (Å²) in [5.41, 5.74) is 0.0131. The van der Waals surface area contributed by atoms with Crippen LogP contribution < -0.4 is 0 Å². The Labute approximate surface area is 79.3 Å². The van der Waals surface area contributed by atoms with Gasteiger partial charge < -0.3 is 4.74 Å². The van der Waals surface area contributed by atoms with Crippen LogP contribution in [-0.4, -0.2) is 12.7 Å². The molecule has 0 aromatic rings. The van der Waals surface area contributed by atoms with Gasteiger partial charge in [0.25, 0.3) is 0 Å². The zero-order valence-corrected chi connectivity index (χ0v) is 7.38. The van der Waals surface area contributed by atoms with Gasteiger partial charge in [-0.15, -0.1) is 0 Å². The summed E-state index contributed by atoms with van der Waals surface area (Å²) in [6.45, 7) is -1.62. The van der Waals surface area contributed by atoms with E-state index in [4.69, 9.17) is 5.26 Å². The molecule has 0 radical (unpaired) electrons. The van der Waals surface area contributed by atoms with E-state index in [2.05, 4.69) is 4.74 Å². The quantitative estimate of drug-likeness (QED) is 0.690. The van der Waals surface area contributed by atoms with Gasteiger partial charge in [-0.05, 0) is 12.2 Å². The molecule has 2 nitrogen and oxygen atoms in total. The van der Waals surface area contributed by atoms with Crippen molar-refractivity contribution in [2.24, 2.45) is 5.92 Å². The third-order valence-corrected chi connectivity index (χ3v) is 2.00. The molecule has 0 aromatic heterocycles. The number of alkyl halides is 2. The molecule has 2 unspecified atom stereocenters. The van der Waals surface area contributed by atoms with Crippen LogP contribution in [-0.2, 0) is 4.74 Å². The van der Waals surface area contributed by atoms with Crippen molar-refractivity contribution in [3.63, 3.8) is 0 Å². The van der Waals surface area contributed by atoms with Crippen LogP contribution >= 0.6 is 0 Å². The summed E-state index contributed by atoms with van der Waals surface area (Å²) in [6, 6.07) is 1.70. The fraction of sp³-hybridized carbons (Fsp3) is 0.444. The van der Waals surface area contributed by atoms with Crippen LogP contribution in [0.25, 0.3) is 0 Å². The minimum Gasteiger partial charge on any atom is -0.313 e. The number of nitrogens with zero attached hydrogens (tertiary/aromatic N) is 1. The lowest BCUT2D eigenvalue weighted by molar-refractivity contribution is -0.161. The molecule has 1 aliphatic rings. The predicted octanol–water partition coefficient (Wildman–Crippen LogP) is 2.55. The number of ether oxygens (including phenoxy) is 1. The third kappa shape index (κ3) is 2.15. The molecule has 0 fully saturated rings. The van der Waals surface area contributed by atoms with Crippen molar-refractivity contribution in [1.82, 2.24) is 0 Å². The molecule has 0 saturated heterocycles. The van der Waals surface area contributed by atoms with E-state index < -0.39 is 24.5 Å². The smallest absolute Gasteiger partial charge is 0.313 e. The third-order valence-electron chi connectivity index (χ3n) is 2.00. The second-order valence-electron chi connectivity index (χ2n) is 2.89. The molecule has 2 atom stereocenters. The number of hydrogen-bond acceptors (Lipinski definition) is 2. The minimum atomic E-state index is -3.01. The summed E-state index contributed by atoms with van der Waals surface area (Å²) in [4.78, 5) is 0. The van der Waals surface area contributed by atoms with Crippen LogP contribution in [0.5, 0.6) is 0 Å². The zero-order chi connectivity index (χ0) is 10.7. The van der Waals surface area contributed by atoms with E-state index in [0.717, 1.165) is 12.2 Å². The maximum atomic E-state index is 13.0. The molecular weight excluding hydrogens is 195 g/mol. The fourth-order valence-corrected chi connectivity index (χ4v) is 1.23. The molecule has 0 spiro atoms. The van der Waals surface area contributed by atoms with Crippen LogP contribution in [0.3, 0.4) is 0 Å². The van der Waals surface area contributed by atoms with Crippen molar-refractivity contribution >= 4 is 0 Å². The van der Waals surface area contributed by atoms with Crippen molar-refractivity contribution in [2.75, 3.05) is 0 Å². The first kappa shape index (κ1) is 10.8. The van der Waals surface area contributed by atoms with E-state index >= 15 is 0 Å². The lowest BCUT2D eigenvalue weighted by atomic mass is 9.92. The highest BCUT2D eigenvalue weighted by molar-refractivity contribution is 5.36. The van der Waals surface area contributed by atoms with Gasteiger partial charge >= 0.3 is 6.61 Å². The van der Waals surface area contributed by atoms with Gasteiger partial charge in [0.2, 0.25) is 0 Å². The highest BCUT2D eigenvalue weighted by Gasteiger charge is 2.30. The molecular formula is C9H8F3NO. The van der Waals surface area contributed by atoms with E-state index in [-0.39, 0.29) is 5.57 Å². The number of rotatable bonds is 2. The molecule has 0 aliphatic heterocycles. The fourth-order valence-electron chi connectivity index (χ4n) is 1.23. The monoisotopic (exact) mass is 203 g/mol. The second kappa shape index (κ2) is 4.29. The predicted molar refractivity (Wildman–Crippen MR) is 42.9 cm³/mol. The Bertz CT molecular complexity index is 317. The molecule has 5 heteroatoms. The van der Waals surface area contributed by atoms with E-state index in [9.17, 15) is 13.2 Å². The maximum Gasteiger partial charge on any atom is 0.345 e. The first-order valence-corrected chi connectivity index (χ1v) is 3.97. The van der Waals surface area contributed by atoms with Crippen molar-refractivity contribution in [3.8, 4) is 6.07 Å². The molecule has 0 amide bonds. The first-order chi connectivity index (χ1) is 6.56. The van der Waals surface area contributed by atoms with Gasteiger partial charge in [0.05, 0.1) is 11.6 Å². The van der Waals surface area contributed by atoms with Gasteiger partial charge in [-0.25, -0.2) is 4.39 Å². The van der Waals surface area contributed by atoms with Crippen LogP contribution in [0.4, 0.5) is 13.2 Å². The Balaban J connectivity index is 2.87. The summed E-state index contributed by atoms with van der Waals surface area (Å²) in [7, 11) is 0. The molecule has 1 aliphatic carbocycles. The average molecular weight is 203 g/mol. The summed E-state index contributed by atoms with van der Waals surface area (Å²) < 4.78 is 41.0. The normalized spacial score (nSPS) is 26.9. The molecule has 1 rings (SSSR count). The van der Waals surface area contributed by atoms with Crippen LogP contribution in [0, 0.1) is 17.2 Å². The molecule has 14 heavy (non-hydrogen) atoms. The van der Waals surface area contributed by atoms with Gasteiger partial charge in [0.15, 0.2) is 0 Å². The van der Waals surface area contributed by atoms with E-state index in [1.807, 2.05) is 0 Å². The number of hydrogen-bond donors (Lipinski definition) is 0. The standard InChI is InChI=1S/C9H8F3NO/c1-5-7(10)3-2-6(4-13)8(5)14-9(11)12/h2-3,5,8-9H,1H3. The maximum absolute atomic E-state index is 13.0. The van der Waals surface area contributed by atoms with Crippen LogP contribution in [0.2, 0.25) is 0 Å². The van der Waals surface area contributed by atoms with Gasteiger partial charge in [-0.3, -0.25) is 0 Å². The Kier molecular flexibility index (Phi) is 3.31. The van der Waals surface area contributed by atoms with Gasteiger partial charge in [-0.1, -0.05) is 6.92 Å². The highest BCUT2D eigenvalue weighted by Crippen LogP contribution is 2.29. The average Bonchev–Trinajstić information content (AvgIpc) is 2.13. The number of nitriles is 1. The SMILES string of the molecule is CC1C(F)=CC=C(C#N)C1OC(F)F. The van der Waals surface area contributed by atoms with Crippen molar-refractivity contribution in [2.45, 2.75) is 19.6 Å². The molecule has 0 bridgehead atoms. The minimum absolute atomic E-state index is 0.0131. The summed E-state index contributed by atoms with van der Waals surface area (Å²) in [5.74, 6) is -1.40. The summed E-state index contributed by atoms with van der Waals surface area (Å²) in [6.07, 6.45) is 1.06. The Hall–Kier alpha value is -1.28. The lowest BCUT2D eigenvalue weighted by Crippen LogP contribution is -2.28. The second-order valence-corrected chi connectivity index (χ2v) is 2.89. The van der Waals surface area contributed by atoms with E-state index in [1.165, 1.54) is 6.92 Å². The number of allylic oxidation sites excluding steroid dienone is 2.